The van der Waals surface area contributed by atoms with Gasteiger partial charge in [-0.25, -0.2) is 14.4 Å². The van der Waals surface area contributed by atoms with Crippen LogP contribution in [-0.4, -0.2) is 71.6 Å². The Balaban J connectivity index is 1.31. The molecule has 1 aliphatic heterocycles. The van der Waals surface area contributed by atoms with E-state index in [0.29, 0.717) is 34.6 Å². The van der Waals surface area contributed by atoms with Crippen LogP contribution in [-0.2, 0) is 4.79 Å². The highest BCUT2D eigenvalue weighted by atomic mass is 35.5. The molecule has 10 heteroatoms. The third kappa shape index (κ3) is 5.49. The van der Waals surface area contributed by atoms with Gasteiger partial charge in [0.2, 0.25) is 5.91 Å². The number of amides is 1. The van der Waals surface area contributed by atoms with Crippen LogP contribution < -0.4 is 14.8 Å². The number of likely N-dealkylation sites (N-methyl/N-ethyl adjacent to an activating group) is 1. The number of carbonyl (C=O) groups excluding carboxylic acids is 1. The molecule has 2 heterocycles. The number of methoxy groups -OCH3 is 1. The molecule has 1 amide bonds. The van der Waals surface area contributed by atoms with Crippen molar-refractivity contribution >= 4 is 39.9 Å². The number of likely N-dealkylation sites (tertiary alicyclic amines) is 1. The zero-order valence-electron chi connectivity index (χ0n) is 21.9. The second-order valence-electron chi connectivity index (χ2n) is 10.2. The minimum atomic E-state index is -0.482. The number of carbonyl (C=O) groups is 1. The van der Waals surface area contributed by atoms with Crippen LogP contribution >= 0.6 is 11.6 Å². The van der Waals surface area contributed by atoms with E-state index in [0.717, 1.165) is 50.5 Å². The Morgan fingerprint density at radius 2 is 1.89 bits per heavy atom. The monoisotopic (exact) mass is 541 g/mol. The largest absolute Gasteiger partial charge is 0.493 e. The van der Waals surface area contributed by atoms with Gasteiger partial charge >= 0.3 is 0 Å². The zero-order valence-corrected chi connectivity index (χ0v) is 22.7. The number of aromatic nitrogens is 2. The molecule has 38 heavy (non-hydrogen) atoms. The second-order valence-corrected chi connectivity index (χ2v) is 10.6. The summed E-state index contributed by atoms with van der Waals surface area (Å²) in [5.74, 6) is 1.51. The Labute approximate surface area is 227 Å². The van der Waals surface area contributed by atoms with E-state index in [-0.39, 0.29) is 23.1 Å². The Bertz CT molecular complexity index is 1320. The van der Waals surface area contributed by atoms with Gasteiger partial charge in [-0.3, -0.25) is 9.69 Å². The molecule has 1 saturated carbocycles. The van der Waals surface area contributed by atoms with Crippen LogP contribution in [0.2, 0.25) is 5.02 Å². The first-order valence-electron chi connectivity index (χ1n) is 13.0. The van der Waals surface area contributed by atoms with Crippen molar-refractivity contribution in [3.63, 3.8) is 0 Å². The van der Waals surface area contributed by atoms with Crippen molar-refractivity contribution < 1.29 is 18.7 Å². The number of ether oxygens (including phenoxy) is 2. The maximum Gasteiger partial charge on any atom is 0.239 e. The summed E-state index contributed by atoms with van der Waals surface area (Å²) in [4.78, 5) is 25.6. The summed E-state index contributed by atoms with van der Waals surface area (Å²) >= 11 is 5.95. The van der Waals surface area contributed by atoms with E-state index in [1.54, 1.807) is 18.1 Å². The molecule has 202 valence electrons. The summed E-state index contributed by atoms with van der Waals surface area (Å²) in [6.07, 6.45) is 7.27. The Kier molecular flexibility index (Phi) is 7.85. The van der Waals surface area contributed by atoms with Gasteiger partial charge in [0.05, 0.1) is 29.8 Å². The van der Waals surface area contributed by atoms with Crippen molar-refractivity contribution in [2.24, 2.45) is 0 Å². The van der Waals surface area contributed by atoms with Crippen molar-refractivity contribution in [2.45, 2.75) is 56.7 Å². The number of hydrogen-bond donors (Lipinski definition) is 1. The van der Waals surface area contributed by atoms with Gasteiger partial charge in [-0.05, 0) is 69.3 Å². The van der Waals surface area contributed by atoms with Crippen molar-refractivity contribution in [3.05, 3.63) is 47.5 Å². The number of hydrogen-bond acceptors (Lipinski definition) is 7. The molecule has 2 aromatic carbocycles. The van der Waals surface area contributed by atoms with Gasteiger partial charge in [0, 0.05) is 37.3 Å². The molecule has 1 aliphatic carbocycles. The summed E-state index contributed by atoms with van der Waals surface area (Å²) in [6.45, 7) is 0.980. The van der Waals surface area contributed by atoms with Crippen LogP contribution in [0.4, 0.5) is 15.9 Å². The molecule has 0 spiro atoms. The molecule has 2 fully saturated rings. The van der Waals surface area contributed by atoms with Gasteiger partial charge in [-0.1, -0.05) is 11.6 Å². The minimum absolute atomic E-state index is 0.00467. The van der Waals surface area contributed by atoms with Crippen LogP contribution in [0.1, 0.15) is 38.5 Å². The smallest absolute Gasteiger partial charge is 0.239 e. The maximum absolute atomic E-state index is 13.6. The fourth-order valence-corrected chi connectivity index (χ4v) is 5.77. The lowest BCUT2D eigenvalue weighted by atomic mass is 9.91. The highest BCUT2D eigenvalue weighted by molar-refractivity contribution is 6.31. The van der Waals surface area contributed by atoms with Gasteiger partial charge in [0.25, 0.3) is 0 Å². The zero-order chi connectivity index (χ0) is 26.8. The van der Waals surface area contributed by atoms with Crippen molar-refractivity contribution in [2.75, 3.05) is 33.1 Å². The topological polar surface area (TPSA) is 79.8 Å². The summed E-state index contributed by atoms with van der Waals surface area (Å²) in [5, 5.41) is 3.98. The third-order valence-electron chi connectivity index (χ3n) is 7.53. The highest BCUT2D eigenvalue weighted by Crippen LogP contribution is 2.38. The quantitative estimate of drug-likeness (QED) is 0.428. The summed E-state index contributed by atoms with van der Waals surface area (Å²) < 4.78 is 25.7. The summed E-state index contributed by atoms with van der Waals surface area (Å²) in [7, 11) is 5.28. The number of halogens is 2. The normalized spacial score (nSPS) is 21.9. The molecule has 1 N–H and O–H groups in total. The third-order valence-corrected chi connectivity index (χ3v) is 7.82. The second kappa shape index (κ2) is 11.3. The van der Waals surface area contributed by atoms with E-state index in [2.05, 4.69) is 20.2 Å². The first-order valence-corrected chi connectivity index (χ1v) is 13.4. The molecule has 2 aliphatic rings. The number of nitrogens with one attached hydrogen (secondary N) is 1. The van der Waals surface area contributed by atoms with Crippen LogP contribution in [0, 0.1) is 5.82 Å². The molecule has 1 aromatic heterocycles. The average molecular weight is 542 g/mol. The van der Waals surface area contributed by atoms with Gasteiger partial charge in [-0.15, -0.1) is 0 Å². The average Bonchev–Trinajstić information content (AvgIpc) is 3.40. The predicted octanol–water partition coefficient (Wildman–Crippen LogP) is 5.42. The molecular formula is C28H33ClFN5O3. The Morgan fingerprint density at radius 3 is 2.61 bits per heavy atom. The maximum atomic E-state index is 13.6. The van der Waals surface area contributed by atoms with E-state index in [9.17, 15) is 9.18 Å². The standard InChI is InChI=1S/C28H33ClFN5O3/c1-34(2)28(36)24-5-4-12-35(24)18-7-9-19(10-8-18)38-26-14-20-23(15-25(26)37-3)31-16-32-27(20)33-17-6-11-22(30)21(29)13-17/h6,11,13-16,18-19,24H,4-5,7-10,12H2,1-3H3,(H,31,32,33)/t18?,19?,24-/m0/s1. The fourth-order valence-electron chi connectivity index (χ4n) is 5.59. The van der Waals surface area contributed by atoms with Crippen LogP contribution in [0.3, 0.4) is 0 Å². The lowest BCUT2D eigenvalue weighted by Crippen LogP contribution is -2.49. The molecule has 1 saturated heterocycles. The molecule has 0 radical (unpaired) electrons. The van der Waals surface area contributed by atoms with Gasteiger partial charge in [0.1, 0.15) is 18.0 Å². The molecule has 0 bridgehead atoms. The number of fused-ring (bicyclic) bond motifs is 1. The molecular weight excluding hydrogens is 509 g/mol. The number of benzene rings is 2. The number of rotatable bonds is 7. The van der Waals surface area contributed by atoms with Crippen LogP contribution in [0.25, 0.3) is 10.9 Å². The van der Waals surface area contributed by atoms with E-state index in [4.69, 9.17) is 21.1 Å². The van der Waals surface area contributed by atoms with Crippen LogP contribution in [0.5, 0.6) is 11.5 Å². The van der Waals surface area contributed by atoms with E-state index >= 15 is 0 Å². The van der Waals surface area contributed by atoms with Crippen molar-refractivity contribution in [1.82, 2.24) is 19.8 Å². The van der Waals surface area contributed by atoms with E-state index in [1.165, 1.54) is 18.5 Å². The van der Waals surface area contributed by atoms with Crippen molar-refractivity contribution in [3.8, 4) is 11.5 Å². The SMILES string of the molecule is COc1cc2ncnc(Nc3ccc(F)c(Cl)c3)c2cc1OC1CCC(N2CCC[C@H]2C(=O)N(C)C)CC1. The Hall–Kier alpha value is -3.17. The molecule has 3 aromatic rings. The van der Waals surface area contributed by atoms with Gasteiger partial charge < -0.3 is 19.7 Å². The summed E-state index contributed by atoms with van der Waals surface area (Å²) in [5.41, 5.74) is 1.30. The fraction of sp³-hybridized carbons (Fsp3) is 0.464. The summed E-state index contributed by atoms with van der Waals surface area (Å²) in [6, 6.07) is 8.55. The number of nitrogens with zero attached hydrogens (tertiary/aromatic N) is 4. The van der Waals surface area contributed by atoms with E-state index in [1.807, 2.05) is 26.2 Å². The predicted molar refractivity (Wildman–Crippen MR) is 146 cm³/mol. The van der Waals surface area contributed by atoms with Crippen LogP contribution in [0.15, 0.2) is 36.7 Å². The van der Waals surface area contributed by atoms with E-state index < -0.39 is 5.82 Å². The molecule has 5 rings (SSSR count). The van der Waals surface area contributed by atoms with Gasteiger partial charge in [-0.2, -0.15) is 0 Å². The minimum Gasteiger partial charge on any atom is -0.493 e. The molecule has 1 atom stereocenters. The molecule has 0 unspecified atom stereocenters. The number of anilines is 2. The lowest BCUT2D eigenvalue weighted by Gasteiger charge is -2.38. The molecule has 8 nitrogen and oxygen atoms in total. The first-order chi connectivity index (χ1) is 18.3. The lowest BCUT2D eigenvalue weighted by molar-refractivity contribution is -0.134. The first kappa shape index (κ1) is 26.4. The Morgan fingerprint density at radius 1 is 1.11 bits per heavy atom. The van der Waals surface area contributed by atoms with Crippen molar-refractivity contribution in [1.29, 1.82) is 0 Å². The van der Waals surface area contributed by atoms with Gasteiger partial charge in [0.15, 0.2) is 11.5 Å². The highest BCUT2D eigenvalue weighted by Gasteiger charge is 2.38.